The first-order valence-electron chi connectivity index (χ1n) is 5.30. The van der Waals surface area contributed by atoms with Gasteiger partial charge in [0.15, 0.2) is 0 Å². The van der Waals surface area contributed by atoms with Crippen molar-refractivity contribution in [2.24, 2.45) is 11.7 Å². The molecule has 1 amide bonds. The second kappa shape index (κ2) is 16.6. The summed E-state index contributed by atoms with van der Waals surface area (Å²) in [6.45, 7) is 8.11. The van der Waals surface area contributed by atoms with Gasteiger partial charge in [-0.3, -0.25) is 4.79 Å². The zero-order valence-corrected chi connectivity index (χ0v) is 11.6. The fourth-order valence-corrected chi connectivity index (χ4v) is 2.10. The number of carbonyl (C=O) groups is 1. The molecule has 0 unspecified atom stereocenters. The monoisotopic (exact) mass is 252 g/mol. The Morgan fingerprint density at radius 2 is 1.87 bits per heavy atom. The average Bonchev–Trinajstić information content (AvgIpc) is 2.24. The molecule has 0 aliphatic carbocycles. The van der Waals surface area contributed by atoms with Crippen molar-refractivity contribution in [3.63, 3.8) is 0 Å². The van der Waals surface area contributed by atoms with E-state index in [-0.39, 0.29) is 0 Å². The zero-order valence-electron chi connectivity index (χ0n) is 9.99. The number of carbonyl (C=O) groups excluding carboxylic acids is 1. The standard InChI is InChI=1S/C5H12N2OS2.C5H12/c6-1-3-9-10-4-2-7-5-8;1-4-5(2)3/h5H,1-4,6H2,(H,7,8);5H,4H2,1-3H3. The summed E-state index contributed by atoms with van der Waals surface area (Å²) in [6, 6.07) is 0. The van der Waals surface area contributed by atoms with Gasteiger partial charge in [0, 0.05) is 24.6 Å². The molecule has 0 heterocycles. The highest BCUT2D eigenvalue weighted by molar-refractivity contribution is 8.76. The molecule has 0 rings (SSSR count). The first-order valence-corrected chi connectivity index (χ1v) is 7.79. The molecule has 0 aliphatic heterocycles. The number of nitrogens with one attached hydrogen (secondary N) is 1. The lowest BCUT2D eigenvalue weighted by Crippen LogP contribution is -2.13. The van der Waals surface area contributed by atoms with Gasteiger partial charge in [-0.25, -0.2) is 0 Å². The van der Waals surface area contributed by atoms with Gasteiger partial charge in [-0.1, -0.05) is 48.8 Å². The Balaban J connectivity index is 0. The van der Waals surface area contributed by atoms with E-state index in [0.717, 1.165) is 30.5 Å². The Kier molecular flexibility index (Phi) is 19.3. The second-order valence-electron chi connectivity index (χ2n) is 3.31. The molecular formula is C10H24N2OS2. The van der Waals surface area contributed by atoms with E-state index in [1.807, 2.05) is 0 Å². The predicted octanol–water partition coefficient (Wildman–Crippen LogP) is 2.12. The van der Waals surface area contributed by atoms with Crippen LogP contribution in [-0.4, -0.2) is 31.0 Å². The third kappa shape index (κ3) is 24.9. The molecule has 5 heteroatoms. The number of rotatable bonds is 8. The predicted molar refractivity (Wildman–Crippen MR) is 73.2 cm³/mol. The minimum Gasteiger partial charge on any atom is -0.358 e. The van der Waals surface area contributed by atoms with Crippen molar-refractivity contribution in [3.05, 3.63) is 0 Å². The van der Waals surface area contributed by atoms with Crippen LogP contribution in [0.5, 0.6) is 0 Å². The van der Waals surface area contributed by atoms with Gasteiger partial charge in [-0.15, -0.1) is 0 Å². The quantitative estimate of drug-likeness (QED) is 0.395. The lowest BCUT2D eigenvalue weighted by atomic mass is 10.2. The van der Waals surface area contributed by atoms with Crippen LogP contribution in [0.15, 0.2) is 0 Å². The number of hydrogen-bond acceptors (Lipinski definition) is 4. The second-order valence-corrected chi connectivity index (χ2v) is 6.01. The molecular weight excluding hydrogens is 228 g/mol. The van der Waals surface area contributed by atoms with Gasteiger partial charge >= 0.3 is 0 Å². The maximum absolute atomic E-state index is 9.75. The van der Waals surface area contributed by atoms with Crippen LogP contribution in [0.3, 0.4) is 0 Å². The van der Waals surface area contributed by atoms with E-state index in [1.54, 1.807) is 21.6 Å². The molecule has 0 aromatic carbocycles. The van der Waals surface area contributed by atoms with Crippen LogP contribution in [0.4, 0.5) is 0 Å². The molecule has 0 aliphatic rings. The normalized spacial score (nSPS) is 9.40. The molecule has 0 aromatic heterocycles. The molecule has 3 nitrogen and oxygen atoms in total. The lowest BCUT2D eigenvalue weighted by molar-refractivity contribution is -0.109. The molecule has 0 radical (unpaired) electrons. The molecule has 0 saturated heterocycles. The average molecular weight is 252 g/mol. The Hall–Kier alpha value is 0.130. The smallest absolute Gasteiger partial charge is 0.207 e. The van der Waals surface area contributed by atoms with Gasteiger partial charge in [0.05, 0.1) is 0 Å². The molecule has 0 aromatic rings. The maximum atomic E-state index is 9.75. The molecule has 15 heavy (non-hydrogen) atoms. The van der Waals surface area contributed by atoms with Crippen LogP contribution < -0.4 is 11.1 Å². The summed E-state index contributed by atoms with van der Waals surface area (Å²) in [6.07, 6.45) is 2.02. The van der Waals surface area contributed by atoms with Crippen molar-refractivity contribution >= 4 is 28.0 Å². The fraction of sp³-hybridized carbons (Fsp3) is 0.900. The van der Waals surface area contributed by atoms with Crippen molar-refractivity contribution in [2.45, 2.75) is 27.2 Å². The molecule has 92 valence electrons. The van der Waals surface area contributed by atoms with Crippen molar-refractivity contribution in [1.29, 1.82) is 0 Å². The van der Waals surface area contributed by atoms with E-state index >= 15 is 0 Å². The van der Waals surface area contributed by atoms with E-state index in [9.17, 15) is 4.79 Å². The number of nitrogens with two attached hydrogens (primary N) is 1. The first-order chi connectivity index (χ1) is 7.18. The summed E-state index contributed by atoms with van der Waals surface area (Å²) >= 11 is 0. The Bertz CT molecular complexity index is 124. The van der Waals surface area contributed by atoms with E-state index in [2.05, 4.69) is 26.1 Å². The fourth-order valence-electron chi connectivity index (χ4n) is 0.325. The highest BCUT2D eigenvalue weighted by Gasteiger charge is 1.87. The van der Waals surface area contributed by atoms with Crippen LogP contribution in [0.2, 0.25) is 0 Å². The van der Waals surface area contributed by atoms with Crippen molar-refractivity contribution in [3.8, 4) is 0 Å². The van der Waals surface area contributed by atoms with Crippen LogP contribution in [0.1, 0.15) is 27.2 Å². The van der Waals surface area contributed by atoms with Crippen LogP contribution in [0.25, 0.3) is 0 Å². The summed E-state index contributed by atoms with van der Waals surface area (Å²) < 4.78 is 0. The Morgan fingerprint density at radius 1 is 1.33 bits per heavy atom. The van der Waals surface area contributed by atoms with E-state index < -0.39 is 0 Å². The highest BCUT2D eigenvalue weighted by atomic mass is 33.1. The summed E-state index contributed by atoms with van der Waals surface area (Å²) in [5.41, 5.74) is 5.26. The van der Waals surface area contributed by atoms with Crippen LogP contribution in [0, 0.1) is 5.92 Å². The molecule has 0 spiro atoms. The Morgan fingerprint density at radius 3 is 2.27 bits per heavy atom. The van der Waals surface area contributed by atoms with Crippen molar-refractivity contribution in [1.82, 2.24) is 5.32 Å². The molecule has 0 bridgehead atoms. The van der Waals surface area contributed by atoms with E-state index in [0.29, 0.717) is 6.41 Å². The summed E-state index contributed by atoms with van der Waals surface area (Å²) in [5, 5.41) is 2.58. The third-order valence-corrected chi connectivity index (χ3v) is 3.95. The Labute approximate surface area is 102 Å². The minimum atomic E-state index is 0.716. The zero-order chi connectivity index (χ0) is 11.9. The number of hydrogen-bond donors (Lipinski definition) is 2. The van der Waals surface area contributed by atoms with Gasteiger partial charge in [-0.2, -0.15) is 0 Å². The van der Waals surface area contributed by atoms with Crippen LogP contribution in [-0.2, 0) is 4.79 Å². The highest BCUT2D eigenvalue weighted by Crippen LogP contribution is 2.18. The minimum absolute atomic E-state index is 0.716. The molecule has 0 atom stereocenters. The van der Waals surface area contributed by atoms with E-state index in [1.165, 1.54) is 6.42 Å². The van der Waals surface area contributed by atoms with Gasteiger partial charge in [0.25, 0.3) is 0 Å². The van der Waals surface area contributed by atoms with Gasteiger partial charge in [0.2, 0.25) is 6.41 Å². The van der Waals surface area contributed by atoms with Gasteiger partial charge in [0.1, 0.15) is 0 Å². The van der Waals surface area contributed by atoms with E-state index in [4.69, 9.17) is 5.73 Å². The van der Waals surface area contributed by atoms with Crippen LogP contribution >= 0.6 is 21.6 Å². The molecule has 0 saturated carbocycles. The van der Waals surface area contributed by atoms with Crippen molar-refractivity contribution < 1.29 is 4.79 Å². The third-order valence-electron chi connectivity index (χ3n) is 1.51. The summed E-state index contributed by atoms with van der Waals surface area (Å²) in [7, 11) is 3.47. The number of amides is 1. The van der Waals surface area contributed by atoms with Gasteiger partial charge in [-0.05, 0) is 5.92 Å². The maximum Gasteiger partial charge on any atom is 0.207 e. The largest absolute Gasteiger partial charge is 0.358 e. The van der Waals surface area contributed by atoms with Gasteiger partial charge < -0.3 is 11.1 Å². The topological polar surface area (TPSA) is 55.1 Å². The SMILES string of the molecule is CCC(C)C.NCCSSCCNC=O. The summed E-state index contributed by atoms with van der Waals surface area (Å²) in [4.78, 5) is 9.75. The lowest BCUT2D eigenvalue weighted by Gasteiger charge is -1.97. The van der Waals surface area contributed by atoms with Crippen molar-refractivity contribution in [2.75, 3.05) is 24.6 Å². The first kappa shape index (κ1) is 17.5. The summed E-state index contributed by atoms with van der Waals surface area (Å²) in [5.74, 6) is 2.81. The molecule has 0 fully saturated rings. The molecule has 3 N–H and O–H groups in total.